The molecule has 0 aliphatic rings. The van der Waals surface area contributed by atoms with Gasteiger partial charge in [0, 0.05) is 5.02 Å². The Morgan fingerprint density at radius 2 is 1.19 bits per heavy atom. The van der Waals surface area contributed by atoms with Crippen molar-refractivity contribution in [3.63, 3.8) is 0 Å². The Balaban J connectivity index is 1.77. The van der Waals surface area contributed by atoms with Gasteiger partial charge in [-0.1, -0.05) is 44.5 Å². The van der Waals surface area contributed by atoms with Crippen LogP contribution in [0, 0.1) is 0 Å². The number of hydrogen-bond donors (Lipinski definition) is 0. The first-order valence-electron chi connectivity index (χ1n) is 7.07. The van der Waals surface area contributed by atoms with Gasteiger partial charge >= 0.3 is 0 Å². The predicted octanol–water partition coefficient (Wildman–Crippen LogP) is 5.10. The highest BCUT2D eigenvalue weighted by Gasteiger charge is 2.12. The minimum Gasteiger partial charge on any atom is -0.490 e. The Bertz CT molecular complexity index is 553. The summed E-state index contributed by atoms with van der Waals surface area (Å²) in [5.74, 6) is 1.66. The summed E-state index contributed by atoms with van der Waals surface area (Å²) in [4.78, 5) is 0. The van der Waals surface area contributed by atoms with Gasteiger partial charge < -0.3 is 9.47 Å². The maximum absolute atomic E-state index is 5.82. The van der Waals surface area contributed by atoms with E-state index in [0.29, 0.717) is 18.2 Å². The van der Waals surface area contributed by atoms with Crippen LogP contribution in [0.1, 0.15) is 26.3 Å². The molecule has 0 bridgehead atoms. The summed E-state index contributed by atoms with van der Waals surface area (Å²) in [7, 11) is 0. The molecule has 0 amide bonds. The predicted molar refractivity (Wildman–Crippen MR) is 87.6 cm³/mol. The first-order chi connectivity index (χ1) is 9.95. The van der Waals surface area contributed by atoms with Crippen molar-refractivity contribution in [3.05, 3.63) is 59.1 Å². The van der Waals surface area contributed by atoms with Gasteiger partial charge in [0.15, 0.2) is 0 Å². The molecule has 21 heavy (non-hydrogen) atoms. The Hall–Kier alpha value is -1.67. The lowest BCUT2D eigenvalue weighted by Gasteiger charge is -2.19. The van der Waals surface area contributed by atoms with E-state index in [1.54, 1.807) is 0 Å². The molecule has 0 N–H and O–H groups in total. The summed E-state index contributed by atoms with van der Waals surface area (Å²) in [6, 6.07) is 15.5. The first kappa shape index (κ1) is 15.7. The van der Waals surface area contributed by atoms with Gasteiger partial charge in [-0.3, -0.25) is 0 Å². The van der Waals surface area contributed by atoms with Crippen LogP contribution in [0.15, 0.2) is 48.5 Å². The summed E-state index contributed by atoms with van der Waals surface area (Å²) < 4.78 is 11.2. The number of hydrogen-bond acceptors (Lipinski definition) is 2. The van der Waals surface area contributed by atoms with Crippen molar-refractivity contribution in [1.82, 2.24) is 0 Å². The van der Waals surface area contributed by atoms with E-state index in [4.69, 9.17) is 21.1 Å². The first-order valence-corrected chi connectivity index (χ1v) is 7.45. The van der Waals surface area contributed by atoms with E-state index >= 15 is 0 Å². The molecule has 112 valence electrons. The standard InChI is InChI=1S/C18H21ClO2/c1-18(2,3)14-4-8-16(9-5-14)20-12-13-21-17-10-6-15(19)7-11-17/h4-11H,12-13H2,1-3H3. The van der Waals surface area contributed by atoms with Gasteiger partial charge in [-0.15, -0.1) is 0 Å². The fourth-order valence-electron chi connectivity index (χ4n) is 1.90. The molecule has 0 unspecified atom stereocenters. The molecule has 0 atom stereocenters. The average Bonchev–Trinajstić information content (AvgIpc) is 2.45. The smallest absolute Gasteiger partial charge is 0.122 e. The molecule has 3 heteroatoms. The third-order valence-electron chi connectivity index (χ3n) is 3.15. The van der Waals surface area contributed by atoms with Crippen molar-refractivity contribution in [1.29, 1.82) is 0 Å². The second kappa shape index (κ2) is 6.86. The van der Waals surface area contributed by atoms with Crippen molar-refractivity contribution in [2.75, 3.05) is 13.2 Å². The van der Waals surface area contributed by atoms with Crippen LogP contribution in [0.3, 0.4) is 0 Å². The molecule has 0 saturated heterocycles. The normalized spacial score (nSPS) is 11.2. The molecule has 0 spiro atoms. The number of rotatable bonds is 5. The zero-order chi connectivity index (χ0) is 15.3. The Morgan fingerprint density at radius 1 is 0.762 bits per heavy atom. The van der Waals surface area contributed by atoms with Crippen LogP contribution in [0.5, 0.6) is 11.5 Å². The molecule has 0 saturated carbocycles. The third kappa shape index (κ3) is 4.98. The summed E-state index contributed by atoms with van der Waals surface area (Å²) in [6.45, 7) is 7.61. The molecule has 0 heterocycles. The van der Waals surface area contributed by atoms with Crippen LogP contribution in [0.4, 0.5) is 0 Å². The maximum Gasteiger partial charge on any atom is 0.122 e. The molecular formula is C18H21ClO2. The quantitative estimate of drug-likeness (QED) is 0.716. The van der Waals surface area contributed by atoms with Gasteiger partial charge in [0.2, 0.25) is 0 Å². The number of ether oxygens (including phenoxy) is 2. The van der Waals surface area contributed by atoms with Crippen LogP contribution >= 0.6 is 11.6 Å². The highest BCUT2D eigenvalue weighted by molar-refractivity contribution is 6.30. The molecule has 0 aromatic heterocycles. The van der Waals surface area contributed by atoms with Gasteiger partial charge in [0.05, 0.1) is 0 Å². The van der Waals surface area contributed by atoms with Crippen molar-refractivity contribution in [3.8, 4) is 11.5 Å². The summed E-state index contributed by atoms with van der Waals surface area (Å²) >= 11 is 5.82. The second-order valence-corrected chi connectivity index (χ2v) is 6.36. The summed E-state index contributed by atoms with van der Waals surface area (Å²) in [5.41, 5.74) is 1.46. The van der Waals surface area contributed by atoms with Crippen molar-refractivity contribution in [2.45, 2.75) is 26.2 Å². The van der Waals surface area contributed by atoms with E-state index in [-0.39, 0.29) is 5.41 Å². The monoisotopic (exact) mass is 304 g/mol. The minimum atomic E-state index is 0.163. The van der Waals surface area contributed by atoms with Crippen LogP contribution < -0.4 is 9.47 Å². The van der Waals surface area contributed by atoms with E-state index in [0.717, 1.165) is 11.5 Å². The van der Waals surface area contributed by atoms with Crippen LogP contribution in [0.25, 0.3) is 0 Å². The molecule has 0 radical (unpaired) electrons. The Labute approximate surface area is 131 Å². The number of benzene rings is 2. The molecule has 0 aliphatic heterocycles. The van der Waals surface area contributed by atoms with Crippen LogP contribution in [-0.4, -0.2) is 13.2 Å². The second-order valence-electron chi connectivity index (χ2n) is 5.93. The molecular weight excluding hydrogens is 284 g/mol. The van der Waals surface area contributed by atoms with Gasteiger partial charge in [0.1, 0.15) is 24.7 Å². The van der Waals surface area contributed by atoms with Gasteiger partial charge in [-0.05, 0) is 47.4 Å². The lowest BCUT2D eigenvalue weighted by atomic mass is 9.87. The highest BCUT2D eigenvalue weighted by Crippen LogP contribution is 2.24. The van der Waals surface area contributed by atoms with Gasteiger partial charge in [-0.25, -0.2) is 0 Å². The molecule has 2 rings (SSSR count). The minimum absolute atomic E-state index is 0.163. The Kier molecular flexibility index (Phi) is 5.13. The molecule has 2 aromatic carbocycles. The maximum atomic E-state index is 5.82. The molecule has 0 aliphatic carbocycles. The topological polar surface area (TPSA) is 18.5 Å². The Morgan fingerprint density at radius 3 is 1.62 bits per heavy atom. The van der Waals surface area contributed by atoms with E-state index < -0.39 is 0 Å². The van der Waals surface area contributed by atoms with Crippen molar-refractivity contribution in [2.24, 2.45) is 0 Å². The van der Waals surface area contributed by atoms with Crippen LogP contribution in [-0.2, 0) is 5.41 Å². The lowest BCUT2D eigenvalue weighted by Crippen LogP contribution is -2.11. The van der Waals surface area contributed by atoms with Gasteiger partial charge in [0.25, 0.3) is 0 Å². The molecule has 0 fully saturated rings. The fraction of sp³-hybridized carbons (Fsp3) is 0.333. The van der Waals surface area contributed by atoms with E-state index in [9.17, 15) is 0 Å². The summed E-state index contributed by atoms with van der Waals surface area (Å²) in [5, 5.41) is 0.706. The third-order valence-corrected chi connectivity index (χ3v) is 3.41. The highest BCUT2D eigenvalue weighted by atomic mass is 35.5. The molecule has 2 nitrogen and oxygen atoms in total. The largest absolute Gasteiger partial charge is 0.490 e. The number of halogens is 1. The SMILES string of the molecule is CC(C)(C)c1ccc(OCCOc2ccc(Cl)cc2)cc1. The zero-order valence-electron chi connectivity index (χ0n) is 12.7. The molecule has 2 aromatic rings. The van der Waals surface area contributed by atoms with Crippen molar-refractivity contribution < 1.29 is 9.47 Å². The average molecular weight is 305 g/mol. The zero-order valence-corrected chi connectivity index (χ0v) is 13.5. The summed E-state index contributed by atoms with van der Waals surface area (Å²) in [6.07, 6.45) is 0. The van der Waals surface area contributed by atoms with Gasteiger partial charge in [-0.2, -0.15) is 0 Å². The lowest BCUT2D eigenvalue weighted by molar-refractivity contribution is 0.217. The van der Waals surface area contributed by atoms with Crippen molar-refractivity contribution >= 4 is 11.6 Å². The van der Waals surface area contributed by atoms with E-state index in [2.05, 4.69) is 32.9 Å². The van der Waals surface area contributed by atoms with Crippen LogP contribution in [0.2, 0.25) is 5.02 Å². The fourth-order valence-corrected chi connectivity index (χ4v) is 2.03. The van der Waals surface area contributed by atoms with E-state index in [1.807, 2.05) is 36.4 Å². The van der Waals surface area contributed by atoms with E-state index in [1.165, 1.54) is 5.56 Å².